The number of phenols is 2. The van der Waals surface area contributed by atoms with Gasteiger partial charge in [-0.3, -0.25) is 0 Å². The maximum atomic E-state index is 10.3. The monoisotopic (exact) mass is 718 g/mol. The van der Waals surface area contributed by atoms with E-state index in [2.05, 4.69) is 93.6 Å². The zero-order valence-electron chi connectivity index (χ0n) is 28.5. The third-order valence-electron chi connectivity index (χ3n) is 8.42. The second-order valence-electron chi connectivity index (χ2n) is 12.3. The number of hydrogen-bond donors (Lipinski definition) is 2. The number of rotatable bonds is 25. The SMILES string of the molecule is Oc1ccc(CCCSCCCCCCSSCCCCCCSCCCc2ccc(O)c(-c3ccccc3)c2)cc1-c1ccccc1. The fraction of sp³-hybridized carbons (Fsp3) is 0.429. The predicted molar refractivity (Wildman–Crippen MR) is 220 cm³/mol. The molecule has 0 aromatic heterocycles. The second kappa shape index (κ2) is 24.1. The topological polar surface area (TPSA) is 40.5 Å². The number of benzene rings is 4. The summed E-state index contributed by atoms with van der Waals surface area (Å²) in [7, 11) is 4.16. The third kappa shape index (κ3) is 15.2. The van der Waals surface area contributed by atoms with Crippen molar-refractivity contribution < 1.29 is 10.2 Å². The normalized spacial score (nSPS) is 11.2. The molecule has 4 aromatic carbocycles. The van der Waals surface area contributed by atoms with E-state index in [0.717, 1.165) is 35.1 Å². The Morgan fingerprint density at radius 3 is 1.17 bits per heavy atom. The second-order valence-corrected chi connectivity index (χ2v) is 17.5. The Kier molecular flexibility index (Phi) is 19.4. The van der Waals surface area contributed by atoms with Crippen LogP contribution < -0.4 is 0 Å². The lowest BCUT2D eigenvalue weighted by Crippen LogP contribution is -1.91. The lowest BCUT2D eigenvalue weighted by molar-refractivity contribution is 0.476. The van der Waals surface area contributed by atoms with Crippen molar-refractivity contribution in [3.8, 4) is 33.8 Å². The summed E-state index contributed by atoms with van der Waals surface area (Å²) in [5.74, 6) is 8.30. The van der Waals surface area contributed by atoms with E-state index in [-0.39, 0.29) is 0 Å². The average Bonchev–Trinajstić information content (AvgIpc) is 3.12. The minimum Gasteiger partial charge on any atom is -0.507 e. The Labute approximate surface area is 307 Å². The van der Waals surface area contributed by atoms with E-state index in [9.17, 15) is 10.2 Å². The Balaban J connectivity index is 0.872. The van der Waals surface area contributed by atoms with Crippen molar-refractivity contribution >= 4 is 45.1 Å². The van der Waals surface area contributed by atoms with Gasteiger partial charge in [0.1, 0.15) is 11.5 Å². The fourth-order valence-electron chi connectivity index (χ4n) is 5.69. The largest absolute Gasteiger partial charge is 0.507 e. The van der Waals surface area contributed by atoms with Gasteiger partial charge in [0.05, 0.1) is 0 Å². The van der Waals surface area contributed by atoms with E-state index < -0.39 is 0 Å². The zero-order valence-corrected chi connectivity index (χ0v) is 31.8. The van der Waals surface area contributed by atoms with Gasteiger partial charge in [0.2, 0.25) is 0 Å². The van der Waals surface area contributed by atoms with Crippen LogP contribution in [0.5, 0.6) is 11.5 Å². The van der Waals surface area contributed by atoms with Crippen molar-refractivity contribution in [2.45, 2.75) is 77.0 Å². The van der Waals surface area contributed by atoms with Crippen LogP contribution in [0.2, 0.25) is 0 Å². The van der Waals surface area contributed by atoms with E-state index >= 15 is 0 Å². The third-order valence-corrected chi connectivity index (χ3v) is 13.3. The zero-order chi connectivity index (χ0) is 33.5. The summed E-state index contributed by atoms with van der Waals surface area (Å²) < 4.78 is 0. The van der Waals surface area contributed by atoms with E-state index in [1.807, 2.05) is 48.5 Å². The first-order chi connectivity index (χ1) is 23.7. The van der Waals surface area contributed by atoms with E-state index in [1.54, 1.807) is 0 Å². The molecule has 0 aliphatic rings. The number of hydrogen-bond acceptors (Lipinski definition) is 6. The molecule has 6 heteroatoms. The van der Waals surface area contributed by atoms with Gasteiger partial charge >= 0.3 is 0 Å². The van der Waals surface area contributed by atoms with Gasteiger partial charge in [0.15, 0.2) is 0 Å². The van der Waals surface area contributed by atoms with E-state index in [4.69, 9.17) is 0 Å². The molecule has 0 saturated heterocycles. The van der Waals surface area contributed by atoms with Gasteiger partial charge in [-0.2, -0.15) is 23.5 Å². The van der Waals surface area contributed by atoms with Crippen molar-refractivity contribution in [1.29, 1.82) is 0 Å². The highest BCUT2D eigenvalue weighted by molar-refractivity contribution is 8.76. The lowest BCUT2D eigenvalue weighted by atomic mass is 10.00. The van der Waals surface area contributed by atoms with Gasteiger partial charge in [-0.25, -0.2) is 0 Å². The van der Waals surface area contributed by atoms with Gasteiger partial charge in [-0.15, -0.1) is 0 Å². The summed E-state index contributed by atoms with van der Waals surface area (Å²) in [5, 5.41) is 20.5. The Hall–Kier alpha value is -2.12. The van der Waals surface area contributed by atoms with Crippen LogP contribution >= 0.6 is 45.1 Å². The first-order valence-corrected chi connectivity index (χ1v) is 22.6. The molecule has 258 valence electrons. The first-order valence-electron chi connectivity index (χ1n) is 17.9. The molecule has 0 saturated carbocycles. The van der Waals surface area contributed by atoms with Crippen LogP contribution in [0.15, 0.2) is 97.1 Å². The summed E-state index contributed by atoms with van der Waals surface area (Å²) >= 11 is 4.19. The van der Waals surface area contributed by atoms with E-state index in [0.29, 0.717) is 11.5 Å². The van der Waals surface area contributed by atoms with Crippen LogP contribution in [0.1, 0.15) is 75.3 Å². The van der Waals surface area contributed by atoms with Gasteiger partial charge in [0.25, 0.3) is 0 Å². The highest BCUT2D eigenvalue weighted by atomic mass is 33.1. The Morgan fingerprint density at radius 2 is 0.750 bits per heavy atom. The highest BCUT2D eigenvalue weighted by Crippen LogP contribution is 2.32. The lowest BCUT2D eigenvalue weighted by Gasteiger charge is -2.08. The molecule has 0 radical (unpaired) electrons. The van der Waals surface area contributed by atoms with E-state index in [1.165, 1.54) is 110 Å². The summed E-state index contributed by atoms with van der Waals surface area (Å²) in [6.07, 6.45) is 15.4. The molecule has 0 amide bonds. The fourth-order valence-corrected chi connectivity index (χ4v) is 9.91. The minimum absolute atomic E-state index is 0.363. The minimum atomic E-state index is 0.363. The first kappa shape index (κ1) is 38.7. The molecule has 0 unspecified atom stereocenters. The molecule has 4 rings (SSSR count). The Bertz CT molecular complexity index is 1310. The maximum absolute atomic E-state index is 10.3. The number of unbranched alkanes of at least 4 members (excludes halogenated alkanes) is 6. The highest BCUT2D eigenvalue weighted by Gasteiger charge is 2.07. The van der Waals surface area contributed by atoms with Crippen LogP contribution in [-0.4, -0.2) is 44.7 Å². The summed E-state index contributed by atoms with van der Waals surface area (Å²) in [5.41, 5.74) is 6.65. The molecule has 48 heavy (non-hydrogen) atoms. The summed E-state index contributed by atoms with van der Waals surface area (Å²) in [6, 6.07) is 32.5. The van der Waals surface area contributed by atoms with Gasteiger partial charge in [-0.05, 0) is 121 Å². The van der Waals surface area contributed by atoms with Crippen LogP contribution in [0.25, 0.3) is 22.3 Å². The van der Waals surface area contributed by atoms with Crippen molar-refractivity contribution in [3.63, 3.8) is 0 Å². The van der Waals surface area contributed by atoms with Crippen LogP contribution in [0.4, 0.5) is 0 Å². The molecule has 2 N–H and O–H groups in total. The molecule has 0 aliphatic heterocycles. The number of phenolic OH excluding ortho intramolecular Hbond substituents is 2. The van der Waals surface area contributed by atoms with Gasteiger partial charge in [-0.1, -0.05) is 120 Å². The molecular formula is C42H54O2S4. The maximum Gasteiger partial charge on any atom is 0.123 e. The van der Waals surface area contributed by atoms with Crippen molar-refractivity contribution in [2.75, 3.05) is 34.5 Å². The van der Waals surface area contributed by atoms with Gasteiger partial charge in [0, 0.05) is 22.6 Å². The van der Waals surface area contributed by atoms with Crippen molar-refractivity contribution in [3.05, 3.63) is 108 Å². The van der Waals surface area contributed by atoms with Crippen molar-refractivity contribution in [1.82, 2.24) is 0 Å². The molecule has 2 nitrogen and oxygen atoms in total. The number of thioether (sulfide) groups is 2. The average molecular weight is 719 g/mol. The molecule has 0 bridgehead atoms. The smallest absolute Gasteiger partial charge is 0.123 e. The van der Waals surface area contributed by atoms with Crippen LogP contribution in [-0.2, 0) is 12.8 Å². The molecule has 0 spiro atoms. The number of aromatic hydroxyl groups is 2. The van der Waals surface area contributed by atoms with Crippen LogP contribution in [0.3, 0.4) is 0 Å². The van der Waals surface area contributed by atoms with Crippen molar-refractivity contribution in [2.24, 2.45) is 0 Å². The standard InChI is InChI=1S/C42H54O2S4/c43-41-25-23-35(33-39(41)37-19-7-5-8-20-37)17-15-29-45-27-11-1-3-13-31-47-48-32-14-4-2-12-28-46-30-16-18-36-24-26-42(44)40(34-36)38-21-9-6-10-22-38/h5-10,19-26,33-34,43-44H,1-4,11-18,27-32H2. The summed E-state index contributed by atoms with van der Waals surface area (Å²) in [6.45, 7) is 0. The molecule has 0 aliphatic carbocycles. The molecule has 0 atom stereocenters. The molecule has 4 aromatic rings. The Morgan fingerprint density at radius 1 is 0.375 bits per heavy atom. The molecule has 0 heterocycles. The quantitative estimate of drug-likeness (QED) is 0.0525. The van der Waals surface area contributed by atoms with Gasteiger partial charge < -0.3 is 10.2 Å². The van der Waals surface area contributed by atoms with Crippen LogP contribution in [0, 0.1) is 0 Å². The summed E-state index contributed by atoms with van der Waals surface area (Å²) in [4.78, 5) is 0. The molecule has 0 fully saturated rings. The predicted octanol–water partition coefficient (Wildman–Crippen LogP) is 13.0. The molecular weight excluding hydrogens is 665 g/mol. The number of aryl methyl sites for hydroxylation is 2.